The largest absolute Gasteiger partial charge is 0.392 e. The fourth-order valence-electron chi connectivity index (χ4n) is 3.35. The lowest BCUT2D eigenvalue weighted by Gasteiger charge is -2.19. The van der Waals surface area contributed by atoms with E-state index in [4.69, 9.17) is 0 Å². The summed E-state index contributed by atoms with van der Waals surface area (Å²) in [5, 5.41) is 29.2. The third-order valence-corrected chi connectivity index (χ3v) is 5.67. The molecule has 0 unspecified atom stereocenters. The van der Waals surface area contributed by atoms with Crippen LogP contribution in [0.5, 0.6) is 0 Å². The first-order valence-electron chi connectivity index (χ1n) is 10.4. The first-order valence-corrected chi connectivity index (χ1v) is 10.4. The van der Waals surface area contributed by atoms with Crippen LogP contribution < -0.4 is 0 Å². The summed E-state index contributed by atoms with van der Waals surface area (Å²) in [5.74, 6) is 0. The van der Waals surface area contributed by atoms with Gasteiger partial charge in [0.15, 0.2) is 0 Å². The molecule has 0 aromatic heterocycles. The molecular weight excluding hydrogens is 360 g/mol. The van der Waals surface area contributed by atoms with E-state index >= 15 is 0 Å². The Kier molecular flexibility index (Phi) is 8.84. The predicted octanol–water partition coefficient (Wildman–Crippen LogP) is 4.97. The van der Waals surface area contributed by atoms with E-state index in [9.17, 15) is 15.3 Å². The van der Waals surface area contributed by atoms with E-state index in [-0.39, 0.29) is 13.2 Å². The third-order valence-electron chi connectivity index (χ3n) is 5.67. The number of aryl methyl sites for hydroxylation is 2. The van der Waals surface area contributed by atoms with Gasteiger partial charge in [0.25, 0.3) is 0 Å². The molecule has 0 aliphatic carbocycles. The van der Waals surface area contributed by atoms with Crippen LogP contribution in [0.2, 0.25) is 0 Å². The highest BCUT2D eigenvalue weighted by Crippen LogP contribution is 2.20. The summed E-state index contributed by atoms with van der Waals surface area (Å²) in [7, 11) is 0. The average Bonchev–Trinajstić information content (AvgIpc) is 2.77. The molecule has 0 spiro atoms. The summed E-state index contributed by atoms with van der Waals surface area (Å²) in [6.45, 7) is 5.97. The van der Waals surface area contributed by atoms with Gasteiger partial charge >= 0.3 is 0 Å². The minimum Gasteiger partial charge on any atom is -0.392 e. The Balaban J connectivity index is 2.07. The van der Waals surface area contributed by atoms with Crippen molar-refractivity contribution < 1.29 is 15.3 Å². The lowest BCUT2D eigenvalue weighted by Crippen LogP contribution is -2.22. The van der Waals surface area contributed by atoms with Crippen molar-refractivity contribution in [3.8, 4) is 0 Å². The van der Waals surface area contributed by atoms with E-state index in [1.165, 1.54) is 11.1 Å². The van der Waals surface area contributed by atoms with Gasteiger partial charge in [-0.25, -0.2) is 0 Å². The van der Waals surface area contributed by atoms with E-state index < -0.39 is 5.60 Å². The van der Waals surface area contributed by atoms with Gasteiger partial charge in [0.05, 0.1) is 18.8 Å². The number of aliphatic hydroxyl groups excluding tert-OH is 2. The van der Waals surface area contributed by atoms with Crippen molar-refractivity contribution in [2.45, 2.75) is 65.3 Å². The molecular formula is C26H34O3. The Morgan fingerprint density at radius 2 is 1.55 bits per heavy atom. The fraction of sp³-hybridized carbons (Fsp3) is 0.385. The van der Waals surface area contributed by atoms with E-state index in [0.717, 1.165) is 35.1 Å². The second-order valence-corrected chi connectivity index (χ2v) is 7.64. The van der Waals surface area contributed by atoms with Gasteiger partial charge in [-0.1, -0.05) is 74.5 Å². The molecule has 2 rings (SSSR count). The van der Waals surface area contributed by atoms with Gasteiger partial charge in [-0.05, 0) is 66.0 Å². The zero-order chi connectivity index (χ0) is 21.3. The van der Waals surface area contributed by atoms with Crippen molar-refractivity contribution in [3.05, 3.63) is 88.5 Å². The topological polar surface area (TPSA) is 60.7 Å². The summed E-state index contributed by atoms with van der Waals surface area (Å²) in [4.78, 5) is 0. The second kappa shape index (κ2) is 11.1. The lowest BCUT2D eigenvalue weighted by atomic mass is 9.96. The minimum absolute atomic E-state index is 0.0494. The van der Waals surface area contributed by atoms with Crippen molar-refractivity contribution in [3.63, 3.8) is 0 Å². The summed E-state index contributed by atoms with van der Waals surface area (Å²) < 4.78 is 0. The quantitative estimate of drug-likeness (QED) is 0.499. The van der Waals surface area contributed by atoms with E-state index in [1.54, 1.807) is 0 Å². The van der Waals surface area contributed by atoms with Gasteiger partial charge < -0.3 is 15.3 Å². The molecule has 0 fully saturated rings. The number of hydrogen-bond donors (Lipinski definition) is 3. The Hall–Kier alpha value is -2.20. The Morgan fingerprint density at radius 3 is 2.17 bits per heavy atom. The van der Waals surface area contributed by atoms with Gasteiger partial charge in [0, 0.05) is 0 Å². The predicted molar refractivity (Wildman–Crippen MR) is 120 cm³/mol. The van der Waals surface area contributed by atoms with Crippen LogP contribution in [0.1, 0.15) is 61.4 Å². The number of allylic oxidation sites excluding steroid dienone is 3. The average molecular weight is 395 g/mol. The van der Waals surface area contributed by atoms with Crippen LogP contribution in [0.3, 0.4) is 0 Å². The summed E-state index contributed by atoms with van der Waals surface area (Å²) in [6, 6.07) is 14.4. The van der Waals surface area contributed by atoms with E-state index in [2.05, 4.69) is 37.3 Å². The molecule has 0 saturated carbocycles. The maximum Gasteiger partial charge on any atom is 0.0825 e. The maximum atomic E-state index is 10.4. The molecule has 0 atom stereocenters. The number of rotatable bonds is 10. The van der Waals surface area contributed by atoms with Gasteiger partial charge in [0.1, 0.15) is 0 Å². The van der Waals surface area contributed by atoms with Crippen LogP contribution in [-0.4, -0.2) is 20.9 Å². The molecule has 0 heterocycles. The monoisotopic (exact) mass is 394 g/mol. The second-order valence-electron chi connectivity index (χ2n) is 7.64. The lowest BCUT2D eigenvalue weighted by molar-refractivity contribution is 0.0828. The molecule has 29 heavy (non-hydrogen) atoms. The van der Waals surface area contributed by atoms with Crippen LogP contribution in [0, 0.1) is 0 Å². The Labute approximate surface area is 175 Å². The van der Waals surface area contributed by atoms with Crippen molar-refractivity contribution >= 4 is 5.57 Å². The highest BCUT2D eigenvalue weighted by Gasteiger charge is 2.16. The van der Waals surface area contributed by atoms with Crippen molar-refractivity contribution in [2.24, 2.45) is 0 Å². The molecule has 3 N–H and O–H groups in total. The fourth-order valence-corrected chi connectivity index (χ4v) is 3.35. The van der Waals surface area contributed by atoms with Gasteiger partial charge in [-0.15, -0.1) is 0 Å². The molecule has 2 aromatic rings. The molecule has 0 amide bonds. The first-order chi connectivity index (χ1) is 13.9. The SMILES string of the molecule is CCC(O)(/C=C/C=C(/C)c1cccc(CCc2ccc(CO)c(CO)c2)c1)CC. The van der Waals surface area contributed by atoms with Crippen molar-refractivity contribution in [1.29, 1.82) is 0 Å². The van der Waals surface area contributed by atoms with Crippen molar-refractivity contribution in [1.82, 2.24) is 0 Å². The number of benzene rings is 2. The van der Waals surface area contributed by atoms with Crippen LogP contribution in [0.25, 0.3) is 5.57 Å². The van der Waals surface area contributed by atoms with Crippen molar-refractivity contribution in [2.75, 3.05) is 0 Å². The third kappa shape index (κ3) is 6.67. The summed E-state index contributed by atoms with van der Waals surface area (Å²) >= 11 is 0. The Morgan fingerprint density at radius 1 is 0.897 bits per heavy atom. The van der Waals surface area contributed by atoms with Gasteiger partial charge in [0.2, 0.25) is 0 Å². The molecule has 3 heteroatoms. The van der Waals surface area contributed by atoms with Gasteiger partial charge in [-0.2, -0.15) is 0 Å². The molecule has 156 valence electrons. The molecule has 0 bridgehead atoms. The number of aliphatic hydroxyl groups is 3. The Bertz CT molecular complexity index is 845. The molecule has 3 nitrogen and oxygen atoms in total. The standard InChI is InChI=1S/C26H34O3/c1-4-26(29,5-2)15-7-8-20(3)23-10-6-9-21(16-23)11-12-22-13-14-24(18-27)25(17-22)19-28/h6-10,13-17,27-29H,4-5,11-12,18-19H2,1-3H3/b15-7+,20-8-. The molecule has 0 aliphatic rings. The van der Waals surface area contributed by atoms with E-state index in [1.807, 2.05) is 44.2 Å². The summed E-state index contributed by atoms with van der Waals surface area (Å²) in [6.07, 6.45) is 9.09. The highest BCUT2D eigenvalue weighted by molar-refractivity contribution is 5.65. The molecule has 0 radical (unpaired) electrons. The zero-order valence-electron chi connectivity index (χ0n) is 17.9. The smallest absolute Gasteiger partial charge is 0.0825 e. The van der Waals surface area contributed by atoms with Gasteiger partial charge in [-0.3, -0.25) is 0 Å². The van der Waals surface area contributed by atoms with Crippen LogP contribution in [0.4, 0.5) is 0 Å². The normalized spacial score (nSPS) is 12.7. The molecule has 0 aliphatic heterocycles. The highest BCUT2D eigenvalue weighted by atomic mass is 16.3. The first kappa shape index (κ1) is 23.1. The van der Waals surface area contributed by atoms with E-state index in [0.29, 0.717) is 12.8 Å². The minimum atomic E-state index is -0.725. The van der Waals surface area contributed by atoms with Crippen LogP contribution in [-0.2, 0) is 26.1 Å². The molecule has 2 aromatic carbocycles. The van der Waals surface area contributed by atoms with Crippen LogP contribution >= 0.6 is 0 Å². The number of hydrogen-bond acceptors (Lipinski definition) is 3. The maximum absolute atomic E-state index is 10.4. The molecule has 0 saturated heterocycles. The summed E-state index contributed by atoms with van der Waals surface area (Å²) in [5.41, 5.74) is 5.61. The zero-order valence-corrected chi connectivity index (χ0v) is 17.9. The van der Waals surface area contributed by atoms with Crippen LogP contribution in [0.15, 0.2) is 60.7 Å².